The van der Waals surface area contributed by atoms with Gasteiger partial charge in [0.15, 0.2) is 0 Å². The molecular weight excluding hydrogens is 238 g/mol. The highest BCUT2D eigenvalue weighted by molar-refractivity contribution is 7.10. The molecule has 2 rings (SSSR count). The quantitative estimate of drug-likeness (QED) is 0.853. The van der Waals surface area contributed by atoms with Crippen LogP contribution in [0.2, 0.25) is 5.02 Å². The lowest BCUT2D eigenvalue weighted by Crippen LogP contribution is -1.95. The maximum atomic E-state index is 6.29. The van der Waals surface area contributed by atoms with Gasteiger partial charge in [-0.2, -0.15) is 0 Å². The summed E-state index contributed by atoms with van der Waals surface area (Å²) in [7, 11) is 0. The number of thiophene rings is 1. The van der Waals surface area contributed by atoms with Crippen LogP contribution in [-0.4, -0.2) is 0 Å². The van der Waals surface area contributed by atoms with Gasteiger partial charge in [0.05, 0.1) is 0 Å². The van der Waals surface area contributed by atoms with Gasteiger partial charge >= 0.3 is 0 Å². The molecule has 0 fully saturated rings. The van der Waals surface area contributed by atoms with Gasteiger partial charge in [-0.05, 0) is 54.1 Å². The Hall–Kier alpha value is -0.830. The molecule has 2 aromatic rings. The van der Waals surface area contributed by atoms with Crippen LogP contribution < -0.4 is 5.73 Å². The molecule has 0 aliphatic rings. The van der Waals surface area contributed by atoms with E-state index >= 15 is 0 Å². The predicted octanol–water partition coefficient (Wildman–Crippen LogP) is 4.14. The monoisotopic (exact) mass is 251 g/mol. The molecule has 0 atom stereocenters. The number of nitrogens with two attached hydrogens (primary N) is 1. The molecule has 0 unspecified atom stereocenters. The second-order valence-electron chi connectivity index (χ2n) is 3.88. The summed E-state index contributed by atoms with van der Waals surface area (Å²) >= 11 is 7.97. The summed E-state index contributed by atoms with van der Waals surface area (Å²) in [4.78, 5) is 1.19. The molecule has 1 aromatic heterocycles. The van der Waals surface area contributed by atoms with Crippen molar-refractivity contribution in [1.29, 1.82) is 0 Å². The molecule has 0 amide bonds. The number of benzene rings is 1. The lowest BCUT2D eigenvalue weighted by molar-refractivity contribution is 1.11. The van der Waals surface area contributed by atoms with Crippen molar-refractivity contribution in [3.8, 4) is 11.1 Å². The van der Waals surface area contributed by atoms with Crippen LogP contribution in [0.3, 0.4) is 0 Å². The van der Waals surface area contributed by atoms with Crippen LogP contribution in [0.4, 0.5) is 0 Å². The van der Waals surface area contributed by atoms with Crippen LogP contribution in [0.15, 0.2) is 23.6 Å². The molecule has 0 aliphatic heterocycles. The van der Waals surface area contributed by atoms with Gasteiger partial charge in [-0.3, -0.25) is 0 Å². The number of aryl methyl sites for hydroxylation is 2. The Kier molecular flexibility index (Phi) is 3.33. The van der Waals surface area contributed by atoms with Gasteiger partial charge in [0, 0.05) is 22.0 Å². The van der Waals surface area contributed by atoms with Gasteiger partial charge in [-0.1, -0.05) is 11.6 Å². The average molecular weight is 252 g/mol. The third kappa shape index (κ3) is 2.01. The van der Waals surface area contributed by atoms with Crippen molar-refractivity contribution in [3.05, 3.63) is 44.6 Å². The first kappa shape index (κ1) is 11.6. The van der Waals surface area contributed by atoms with Gasteiger partial charge in [0.25, 0.3) is 0 Å². The fraction of sp³-hybridized carbons (Fsp3) is 0.231. The zero-order chi connectivity index (χ0) is 11.7. The Morgan fingerprint density at radius 2 is 1.88 bits per heavy atom. The molecule has 1 nitrogen and oxygen atoms in total. The summed E-state index contributed by atoms with van der Waals surface area (Å²) < 4.78 is 0. The lowest BCUT2D eigenvalue weighted by atomic mass is 10.0. The Balaban J connectivity index is 2.60. The summed E-state index contributed by atoms with van der Waals surface area (Å²) in [5.41, 5.74) is 10.5. The third-order valence-corrected chi connectivity index (χ3v) is 4.06. The molecule has 3 heteroatoms. The fourth-order valence-corrected chi connectivity index (χ4v) is 2.82. The molecule has 1 aromatic carbocycles. The van der Waals surface area contributed by atoms with Gasteiger partial charge in [-0.15, -0.1) is 11.3 Å². The molecule has 2 N–H and O–H groups in total. The van der Waals surface area contributed by atoms with Crippen LogP contribution in [0, 0.1) is 13.8 Å². The highest BCUT2D eigenvalue weighted by Gasteiger charge is 2.10. The van der Waals surface area contributed by atoms with E-state index in [2.05, 4.69) is 31.4 Å². The minimum Gasteiger partial charge on any atom is -0.326 e. The highest BCUT2D eigenvalue weighted by Crippen LogP contribution is 2.34. The lowest BCUT2D eigenvalue weighted by Gasteiger charge is -2.08. The normalized spacial score (nSPS) is 10.8. The maximum absolute atomic E-state index is 6.29. The van der Waals surface area contributed by atoms with Crippen molar-refractivity contribution in [1.82, 2.24) is 0 Å². The van der Waals surface area contributed by atoms with E-state index in [0.717, 1.165) is 10.6 Å². The van der Waals surface area contributed by atoms with E-state index in [0.29, 0.717) is 6.54 Å². The van der Waals surface area contributed by atoms with Crippen LogP contribution in [-0.2, 0) is 6.54 Å². The van der Waals surface area contributed by atoms with Crippen LogP contribution in [0.25, 0.3) is 11.1 Å². The molecule has 0 aliphatic carbocycles. The molecule has 16 heavy (non-hydrogen) atoms. The van der Waals surface area contributed by atoms with Crippen molar-refractivity contribution >= 4 is 22.9 Å². The Morgan fingerprint density at radius 3 is 2.56 bits per heavy atom. The van der Waals surface area contributed by atoms with E-state index in [9.17, 15) is 0 Å². The largest absolute Gasteiger partial charge is 0.326 e. The molecule has 0 saturated heterocycles. The summed E-state index contributed by atoms with van der Waals surface area (Å²) in [6, 6.07) is 6.24. The SMILES string of the molecule is Cc1cc(Cl)c(-c2ccsc2CN)cc1C. The molecular formula is C13H14ClNS. The topological polar surface area (TPSA) is 26.0 Å². The number of hydrogen-bond acceptors (Lipinski definition) is 2. The Labute approximate surface area is 105 Å². The number of hydrogen-bond donors (Lipinski definition) is 1. The van der Waals surface area contributed by atoms with Crippen molar-refractivity contribution in [3.63, 3.8) is 0 Å². The standard InChI is InChI=1S/C13H14ClNS/c1-8-5-11(12(14)6-9(8)2)10-3-4-16-13(10)7-15/h3-6H,7,15H2,1-2H3. The second kappa shape index (κ2) is 4.58. The summed E-state index contributed by atoms with van der Waals surface area (Å²) in [6.45, 7) is 4.74. The highest BCUT2D eigenvalue weighted by atomic mass is 35.5. The molecule has 84 valence electrons. The Morgan fingerprint density at radius 1 is 1.19 bits per heavy atom. The van der Waals surface area contributed by atoms with Crippen LogP contribution >= 0.6 is 22.9 Å². The second-order valence-corrected chi connectivity index (χ2v) is 5.29. The van der Waals surface area contributed by atoms with Crippen molar-refractivity contribution < 1.29 is 0 Å². The van der Waals surface area contributed by atoms with Gasteiger partial charge in [0.2, 0.25) is 0 Å². The van der Waals surface area contributed by atoms with Gasteiger partial charge < -0.3 is 5.73 Å². The molecule has 0 saturated carbocycles. The fourth-order valence-electron chi connectivity index (χ4n) is 1.73. The summed E-state index contributed by atoms with van der Waals surface area (Å²) in [5, 5.41) is 2.86. The van der Waals surface area contributed by atoms with Crippen LogP contribution in [0.1, 0.15) is 16.0 Å². The number of rotatable bonds is 2. The first-order valence-corrected chi connectivity index (χ1v) is 6.42. The van der Waals surface area contributed by atoms with E-state index in [1.54, 1.807) is 11.3 Å². The summed E-state index contributed by atoms with van der Waals surface area (Å²) in [5.74, 6) is 0. The smallest absolute Gasteiger partial charge is 0.0487 e. The minimum atomic E-state index is 0.566. The van der Waals surface area contributed by atoms with Crippen molar-refractivity contribution in [2.24, 2.45) is 5.73 Å². The average Bonchev–Trinajstić information content (AvgIpc) is 2.71. The van der Waals surface area contributed by atoms with E-state index in [4.69, 9.17) is 17.3 Å². The first-order chi connectivity index (χ1) is 7.63. The van der Waals surface area contributed by atoms with Crippen molar-refractivity contribution in [2.45, 2.75) is 20.4 Å². The zero-order valence-corrected chi connectivity index (χ0v) is 11.0. The molecule has 1 heterocycles. The maximum Gasteiger partial charge on any atom is 0.0487 e. The minimum absolute atomic E-state index is 0.566. The van der Waals surface area contributed by atoms with Gasteiger partial charge in [0.1, 0.15) is 0 Å². The van der Waals surface area contributed by atoms with E-state index in [1.165, 1.54) is 21.6 Å². The first-order valence-electron chi connectivity index (χ1n) is 5.17. The predicted molar refractivity (Wildman–Crippen MR) is 72.1 cm³/mol. The molecule has 0 spiro atoms. The van der Waals surface area contributed by atoms with E-state index < -0.39 is 0 Å². The Bertz CT molecular complexity index is 517. The molecule has 0 bridgehead atoms. The summed E-state index contributed by atoms with van der Waals surface area (Å²) in [6.07, 6.45) is 0. The molecule has 0 radical (unpaired) electrons. The van der Waals surface area contributed by atoms with Crippen LogP contribution in [0.5, 0.6) is 0 Å². The van der Waals surface area contributed by atoms with E-state index in [1.807, 2.05) is 6.07 Å². The third-order valence-electron chi connectivity index (χ3n) is 2.80. The van der Waals surface area contributed by atoms with Crippen molar-refractivity contribution in [2.75, 3.05) is 0 Å². The number of halogens is 1. The van der Waals surface area contributed by atoms with Gasteiger partial charge in [-0.25, -0.2) is 0 Å². The van der Waals surface area contributed by atoms with E-state index in [-0.39, 0.29) is 0 Å². The zero-order valence-electron chi connectivity index (χ0n) is 9.38.